The van der Waals surface area contributed by atoms with Crippen LogP contribution in [-0.4, -0.2) is 21.3 Å². The molecule has 5 heteroatoms. The first kappa shape index (κ1) is 10.2. The quantitative estimate of drug-likeness (QED) is 0.702. The SMILES string of the molecule is Cc1c2c(c(C)c3nn(C(C)C)nc13)[N-][C+]=N2. The number of aromatic nitrogens is 3. The van der Waals surface area contributed by atoms with E-state index in [2.05, 4.69) is 40.7 Å². The van der Waals surface area contributed by atoms with Gasteiger partial charge < -0.3 is 0 Å². The lowest BCUT2D eigenvalue weighted by Crippen LogP contribution is -2.04. The van der Waals surface area contributed by atoms with Gasteiger partial charge in [-0.05, 0) is 27.7 Å². The standard InChI is InChI=1S/C12H13N5/c1-6(2)17-15-11-7(3)9-10(14-5-13-9)8(4)12(11)16-17/h6H,1-4H3. The predicted octanol–water partition coefficient (Wildman–Crippen LogP) is 3.18. The van der Waals surface area contributed by atoms with Crippen LogP contribution in [0.4, 0.5) is 11.4 Å². The van der Waals surface area contributed by atoms with Crippen LogP contribution in [0.1, 0.15) is 31.0 Å². The Morgan fingerprint density at radius 3 is 2.41 bits per heavy atom. The van der Waals surface area contributed by atoms with Gasteiger partial charge >= 0.3 is 0 Å². The minimum atomic E-state index is 0.253. The second kappa shape index (κ2) is 3.25. The van der Waals surface area contributed by atoms with Gasteiger partial charge in [-0.25, -0.2) is 0 Å². The van der Waals surface area contributed by atoms with Crippen molar-refractivity contribution in [1.29, 1.82) is 0 Å². The molecule has 0 saturated heterocycles. The highest BCUT2D eigenvalue weighted by molar-refractivity contribution is 6.05. The van der Waals surface area contributed by atoms with Crippen molar-refractivity contribution in [2.24, 2.45) is 4.99 Å². The Bertz CT molecular complexity index is 636. The maximum absolute atomic E-state index is 4.53. The van der Waals surface area contributed by atoms with E-state index in [1.54, 1.807) is 4.80 Å². The van der Waals surface area contributed by atoms with E-state index in [-0.39, 0.29) is 6.04 Å². The molecule has 5 nitrogen and oxygen atoms in total. The van der Waals surface area contributed by atoms with Crippen molar-refractivity contribution in [2.75, 3.05) is 0 Å². The number of benzene rings is 1. The van der Waals surface area contributed by atoms with Crippen LogP contribution in [0.5, 0.6) is 0 Å². The molecule has 1 aliphatic heterocycles. The Labute approximate surface area is 99.5 Å². The molecule has 86 valence electrons. The number of aliphatic imine (C=N–C) groups is 1. The lowest BCUT2D eigenvalue weighted by atomic mass is 10.1. The molecule has 3 rings (SSSR count). The molecular weight excluding hydrogens is 214 g/mol. The lowest BCUT2D eigenvalue weighted by molar-refractivity contribution is 0.472. The topological polar surface area (TPSA) is 57.2 Å². The summed E-state index contributed by atoms with van der Waals surface area (Å²) < 4.78 is 0. The Kier molecular flexibility index (Phi) is 1.94. The van der Waals surface area contributed by atoms with E-state index in [4.69, 9.17) is 0 Å². The predicted molar refractivity (Wildman–Crippen MR) is 67.5 cm³/mol. The molecule has 0 fully saturated rings. The van der Waals surface area contributed by atoms with Crippen molar-refractivity contribution in [2.45, 2.75) is 33.7 Å². The third-order valence-corrected chi connectivity index (χ3v) is 3.06. The zero-order valence-corrected chi connectivity index (χ0v) is 10.3. The summed E-state index contributed by atoms with van der Waals surface area (Å²) in [5.74, 6) is 0. The van der Waals surface area contributed by atoms with Crippen LogP contribution in [0.25, 0.3) is 16.4 Å². The Hall–Kier alpha value is -2.00. The highest BCUT2D eigenvalue weighted by Gasteiger charge is 2.23. The van der Waals surface area contributed by atoms with E-state index in [1.807, 2.05) is 13.8 Å². The smallest absolute Gasteiger partial charge is 0.132 e. The molecule has 0 spiro atoms. The third kappa shape index (κ3) is 1.26. The van der Waals surface area contributed by atoms with Crippen molar-refractivity contribution < 1.29 is 0 Å². The summed E-state index contributed by atoms with van der Waals surface area (Å²) in [5, 5.41) is 13.2. The molecule has 0 amide bonds. The Morgan fingerprint density at radius 2 is 1.76 bits per heavy atom. The molecule has 1 aromatic carbocycles. The summed E-state index contributed by atoms with van der Waals surface area (Å²) in [6.45, 7) is 8.14. The second-order valence-corrected chi connectivity index (χ2v) is 4.58. The van der Waals surface area contributed by atoms with Crippen molar-refractivity contribution in [3.63, 3.8) is 0 Å². The summed E-state index contributed by atoms with van der Waals surface area (Å²) in [4.78, 5) is 5.91. The van der Waals surface area contributed by atoms with Gasteiger partial charge in [0.05, 0.1) is 17.2 Å². The monoisotopic (exact) mass is 227 g/mol. The molecule has 1 aromatic heterocycles. The van der Waals surface area contributed by atoms with E-state index in [0.717, 1.165) is 33.5 Å². The minimum absolute atomic E-state index is 0.253. The molecular formula is C12H13N5. The minimum Gasteiger partial charge on any atom is -0.256 e. The van der Waals surface area contributed by atoms with Crippen LogP contribution in [0.3, 0.4) is 0 Å². The maximum Gasteiger partial charge on any atom is 0.132 e. The maximum atomic E-state index is 4.53. The van der Waals surface area contributed by atoms with Gasteiger partial charge in [0, 0.05) is 6.34 Å². The molecule has 0 atom stereocenters. The van der Waals surface area contributed by atoms with Gasteiger partial charge in [0.2, 0.25) is 0 Å². The van der Waals surface area contributed by atoms with Crippen molar-refractivity contribution in [3.8, 4) is 0 Å². The number of aryl methyl sites for hydroxylation is 2. The number of nitrogens with zero attached hydrogens (tertiary/aromatic N) is 5. The molecule has 17 heavy (non-hydrogen) atoms. The molecule has 0 bridgehead atoms. The van der Waals surface area contributed by atoms with Gasteiger partial charge in [0.25, 0.3) is 0 Å². The second-order valence-electron chi connectivity index (χ2n) is 4.58. The van der Waals surface area contributed by atoms with Gasteiger partial charge in [0.1, 0.15) is 22.4 Å². The summed E-state index contributed by atoms with van der Waals surface area (Å²) in [5.41, 5.74) is 5.65. The molecule has 0 unspecified atom stereocenters. The fourth-order valence-corrected chi connectivity index (χ4v) is 2.04. The zero-order valence-electron chi connectivity index (χ0n) is 10.3. The fourth-order valence-electron chi connectivity index (χ4n) is 2.04. The average molecular weight is 227 g/mol. The summed E-state index contributed by atoms with van der Waals surface area (Å²) in [6, 6.07) is 0.253. The van der Waals surface area contributed by atoms with Crippen LogP contribution in [-0.2, 0) is 0 Å². The molecule has 1 aliphatic rings. The van der Waals surface area contributed by atoms with Crippen molar-refractivity contribution in [1.82, 2.24) is 15.0 Å². The lowest BCUT2D eigenvalue weighted by Gasteiger charge is -2.02. The molecule has 0 radical (unpaired) electrons. The summed E-state index contributed by atoms with van der Waals surface area (Å²) >= 11 is 0. The van der Waals surface area contributed by atoms with Gasteiger partial charge in [-0.3, -0.25) is 10.3 Å². The largest absolute Gasteiger partial charge is 0.256 e. The molecule has 0 saturated carbocycles. The van der Waals surface area contributed by atoms with Crippen LogP contribution in [0, 0.1) is 13.8 Å². The Balaban J connectivity index is 2.39. The van der Waals surface area contributed by atoms with E-state index in [0.29, 0.717) is 0 Å². The van der Waals surface area contributed by atoms with Crippen molar-refractivity contribution >= 4 is 28.7 Å². The van der Waals surface area contributed by atoms with Gasteiger partial charge in [-0.2, -0.15) is 15.0 Å². The average Bonchev–Trinajstić information content (AvgIpc) is 2.92. The zero-order chi connectivity index (χ0) is 12.2. The molecule has 2 aromatic rings. The van der Waals surface area contributed by atoms with E-state index in [9.17, 15) is 0 Å². The van der Waals surface area contributed by atoms with E-state index >= 15 is 0 Å². The van der Waals surface area contributed by atoms with Gasteiger partial charge in [-0.15, -0.1) is 0 Å². The van der Waals surface area contributed by atoms with Crippen LogP contribution in [0.15, 0.2) is 4.99 Å². The first-order valence-electron chi connectivity index (χ1n) is 5.65. The number of hydrogen-bond donors (Lipinski definition) is 0. The third-order valence-electron chi connectivity index (χ3n) is 3.06. The van der Waals surface area contributed by atoms with Crippen LogP contribution >= 0.6 is 0 Å². The molecule has 0 N–H and O–H groups in total. The highest BCUT2D eigenvalue weighted by atomic mass is 15.5. The first-order chi connectivity index (χ1) is 8.09. The van der Waals surface area contributed by atoms with E-state index < -0.39 is 0 Å². The fraction of sp³-hybridized carbons (Fsp3) is 0.417. The normalized spacial score (nSPS) is 13.0. The number of fused-ring (bicyclic) bond motifs is 2. The summed E-state index contributed by atoms with van der Waals surface area (Å²) in [6.07, 6.45) is 2.66. The Morgan fingerprint density at radius 1 is 1.12 bits per heavy atom. The van der Waals surface area contributed by atoms with Crippen LogP contribution in [0.2, 0.25) is 0 Å². The number of rotatable bonds is 1. The van der Waals surface area contributed by atoms with Crippen molar-refractivity contribution in [3.05, 3.63) is 16.4 Å². The van der Waals surface area contributed by atoms with Gasteiger partial charge in [-0.1, -0.05) is 0 Å². The molecule has 0 aliphatic carbocycles. The van der Waals surface area contributed by atoms with Gasteiger partial charge in [0.15, 0.2) is 0 Å². The first-order valence-corrected chi connectivity index (χ1v) is 5.65. The molecule has 2 heterocycles. The van der Waals surface area contributed by atoms with E-state index in [1.165, 1.54) is 0 Å². The number of hydrogen-bond acceptors (Lipinski definition) is 3. The highest BCUT2D eigenvalue weighted by Crippen LogP contribution is 2.44. The summed E-state index contributed by atoms with van der Waals surface area (Å²) in [7, 11) is 0. The van der Waals surface area contributed by atoms with Crippen LogP contribution < -0.4 is 0 Å².